The summed E-state index contributed by atoms with van der Waals surface area (Å²) in [7, 11) is 2.17. The zero-order valence-corrected chi connectivity index (χ0v) is 12.4. The van der Waals surface area contributed by atoms with Crippen molar-refractivity contribution in [3.8, 4) is 0 Å². The standard InChI is InChI=1S/C15H20ClN3O/c1-18-10-5-6-11(18)9-19(8-7-10)15(20)12-3-2-4-13(17)14(12)16/h2-4,10-11H,5-9,17H2,1H3. The van der Waals surface area contributed by atoms with E-state index in [-0.39, 0.29) is 5.91 Å². The predicted octanol–water partition coefficient (Wildman–Crippen LogP) is 2.23. The largest absolute Gasteiger partial charge is 0.398 e. The number of rotatable bonds is 1. The molecule has 3 rings (SSSR count). The molecule has 20 heavy (non-hydrogen) atoms. The third kappa shape index (κ3) is 2.27. The zero-order valence-electron chi connectivity index (χ0n) is 11.7. The van der Waals surface area contributed by atoms with E-state index < -0.39 is 0 Å². The van der Waals surface area contributed by atoms with Crippen LogP contribution in [0.25, 0.3) is 0 Å². The fourth-order valence-corrected chi connectivity index (χ4v) is 3.59. The summed E-state index contributed by atoms with van der Waals surface area (Å²) in [5, 5.41) is 0.375. The molecule has 0 saturated carbocycles. The smallest absolute Gasteiger partial charge is 0.255 e. The van der Waals surface area contributed by atoms with Crippen LogP contribution < -0.4 is 5.73 Å². The molecule has 2 saturated heterocycles. The molecule has 0 aliphatic carbocycles. The van der Waals surface area contributed by atoms with Crippen LogP contribution >= 0.6 is 11.6 Å². The van der Waals surface area contributed by atoms with Gasteiger partial charge in [0.1, 0.15) is 0 Å². The van der Waals surface area contributed by atoms with Crippen LogP contribution in [0.2, 0.25) is 5.02 Å². The molecule has 1 amide bonds. The van der Waals surface area contributed by atoms with E-state index >= 15 is 0 Å². The number of hydrogen-bond donors (Lipinski definition) is 1. The van der Waals surface area contributed by atoms with Gasteiger partial charge in [-0.3, -0.25) is 9.69 Å². The lowest BCUT2D eigenvalue weighted by atomic mass is 10.1. The number of nitrogens with two attached hydrogens (primary N) is 1. The van der Waals surface area contributed by atoms with Gasteiger partial charge in [0.05, 0.1) is 16.3 Å². The number of carbonyl (C=O) groups is 1. The Morgan fingerprint density at radius 1 is 1.30 bits per heavy atom. The SMILES string of the molecule is CN1C2CCC1CN(C(=O)c1cccc(N)c1Cl)CC2. The Labute approximate surface area is 124 Å². The first-order valence-corrected chi connectivity index (χ1v) is 7.51. The Morgan fingerprint density at radius 2 is 2.05 bits per heavy atom. The first kappa shape index (κ1) is 13.7. The Balaban J connectivity index is 1.82. The highest BCUT2D eigenvalue weighted by molar-refractivity contribution is 6.36. The zero-order chi connectivity index (χ0) is 14.3. The molecule has 2 unspecified atom stereocenters. The van der Waals surface area contributed by atoms with E-state index in [4.69, 9.17) is 17.3 Å². The van der Waals surface area contributed by atoms with Crippen LogP contribution in [0.15, 0.2) is 18.2 Å². The van der Waals surface area contributed by atoms with Gasteiger partial charge < -0.3 is 10.6 Å². The molecule has 108 valence electrons. The first-order valence-electron chi connectivity index (χ1n) is 7.13. The summed E-state index contributed by atoms with van der Waals surface area (Å²) in [4.78, 5) is 17.0. The molecule has 0 radical (unpaired) electrons. The Morgan fingerprint density at radius 3 is 2.85 bits per heavy atom. The van der Waals surface area contributed by atoms with Crippen LogP contribution in [-0.4, -0.2) is 47.9 Å². The topological polar surface area (TPSA) is 49.6 Å². The van der Waals surface area contributed by atoms with E-state index in [1.54, 1.807) is 18.2 Å². The van der Waals surface area contributed by atoms with E-state index in [1.807, 2.05) is 4.90 Å². The van der Waals surface area contributed by atoms with E-state index in [1.165, 1.54) is 12.8 Å². The molecule has 2 N–H and O–H groups in total. The van der Waals surface area contributed by atoms with Crippen molar-refractivity contribution in [2.75, 3.05) is 25.9 Å². The summed E-state index contributed by atoms with van der Waals surface area (Å²) < 4.78 is 0. The lowest BCUT2D eigenvalue weighted by molar-refractivity contribution is 0.0740. The molecular weight excluding hydrogens is 274 g/mol. The van der Waals surface area contributed by atoms with E-state index in [9.17, 15) is 4.79 Å². The monoisotopic (exact) mass is 293 g/mol. The van der Waals surface area contributed by atoms with Crippen molar-refractivity contribution in [1.82, 2.24) is 9.80 Å². The molecule has 2 heterocycles. The van der Waals surface area contributed by atoms with Gasteiger partial charge in [-0.2, -0.15) is 0 Å². The average molecular weight is 294 g/mol. The fourth-order valence-electron chi connectivity index (χ4n) is 3.38. The van der Waals surface area contributed by atoms with Gasteiger partial charge in [-0.15, -0.1) is 0 Å². The maximum atomic E-state index is 12.7. The number of nitrogen functional groups attached to an aromatic ring is 1. The van der Waals surface area contributed by atoms with Gasteiger partial charge in [0, 0.05) is 25.2 Å². The van der Waals surface area contributed by atoms with Crippen LogP contribution in [0.5, 0.6) is 0 Å². The van der Waals surface area contributed by atoms with Gasteiger partial charge in [0.2, 0.25) is 0 Å². The minimum atomic E-state index is 0.00301. The van der Waals surface area contributed by atoms with Crippen molar-refractivity contribution in [1.29, 1.82) is 0 Å². The highest BCUT2D eigenvalue weighted by atomic mass is 35.5. The normalized spacial score (nSPS) is 26.6. The molecule has 2 aliphatic heterocycles. The van der Waals surface area contributed by atoms with Gasteiger partial charge in [-0.25, -0.2) is 0 Å². The number of halogens is 1. The number of likely N-dealkylation sites (tertiary alicyclic amines) is 1. The average Bonchev–Trinajstić information content (AvgIpc) is 2.66. The number of nitrogens with zero attached hydrogens (tertiary/aromatic N) is 2. The van der Waals surface area contributed by atoms with Crippen LogP contribution in [0.3, 0.4) is 0 Å². The van der Waals surface area contributed by atoms with Gasteiger partial charge in [-0.05, 0) is 38.4 Å². The number of fused-ring (bicyclic) bond motifs is 2. The summed E-state index contributed by atoms with van der Waals surface area (Å²) in [6.07, 6.45) is 3.47. The van der Waals surface area contributed by atoms with Crippen molar-refractivity contribution in [3.63, 3.8) is 0 Å². The summed E-state index contributed by atoms with van der Waals surface area (Å²) in [6, 6.07) is 6.36. The molecule has 5 heteroatoms. The molecule has 2 fully saturated rings. The molecule has 0 aromatic heterocycles. The maximum absolute atomic E-state index is 12.7. The van der Waals surface area contributed by atoms with E-state index in [2.05, 4.69) is 11.9 Å². The number of carbonyl (C=O) groups excluding carboxylic acids is 1. The maximum Gasteiger partial charge on any atom is 0.255 e. The van der Waals surface area contributed by atoms with E-state index in [0.29, 0.717) is 28.4 Å². The number of anilines is 1. The molecule has 0 spiro atoms. The fraction of sp³-hybridized carbons (Fsp3) is 0.533. The highest BCUT2D eigenvalue weighted by Gasteiger charge is 2.36. The molecular formula is C15H20ClN3O. The predicted molar refractivity (Wildman–Crippen MR) is 81.0 cm³/mol. The quantitative estimate of drug-likeness (QED) is 0.808. The molecule has 2 aliphatic rings. The molecule has 4 nitrogen and oxygen atoms in total. The molecule has 2 bridgehead atoms. The van der Waals surface area contributed by atoms with Crippen molar-refractivity contribution in [2.45, 2.75) is 31.3 Å². The minimum absolute atomic E-state index is 0.00301. The van der Waals surface area contributed by atoms with Crippen LogP contribution in [0.4, 0.5) is 5.69 Å². The van der Waals surface area contributed by atoms with Crippen molar-refractivity contribution in [2.24, 2.45) is 0 Å². The Hall–Kier alpha value is -1.26. The Bertz CT molecular complexity index is 534. The second-order valence-electron chi connectivity index (χ2n) is 5.80. The Kier molecular flexibility index (Phi) is 3.61. The van der Waals surface area contributed by atoms with Crippen LogP contribution in [-0.2, 0) is 0 Å². The summed E-state index contributed by atoms with van der Waals surface area (Å²) in [5.74, 6) is 0.00301. The second-order valence-corrected chi connectivity index (χ2v) is 6.18. The van der Waals surface area contributed by atoms with Crippen LogP contribution in [0, 0.1) is 0 Å². The van der Waals surface area contributed by atoms with Crippen LogP contribution in [0.1, 0.15) is 29.6 Å². The van der Waals surface area contributed by atoms with Crippen molar-refractivity contribution >= 4 is 23.2 Å². The minimum Gasteiger partial charge on any atom is -0.398 e. The first-order chi connectivity index (χ1) is 9.58. The van der Waals surface area contributed by atoms with Crippen molar-refractivity contribution < 1.29 is 4.79 Å². The van der Waals surface area contributed by atoms with E-state index in [0.717, 1.165) is 19.5 Å². The number of hydrogen-bond acceptors (Lipinski definition) is 3. The number of benzene rings is 1. The molecule has 1 aromatic rings. The third-order valence-electron chi connectivity index (χ3n) is 4.69. The number of likely N-dealkylation sites (N-methyl/N-ethyl adjacent to an activating group) is 1. The summed E-state index contributed by atoms with van der Waals surface area (Å²) >= 11 is 6.17. The molecule has 1 aromatic carbocycles. The van der Waals surface area contributed by atoms with Gasteiger partial charge in [0.25, 0.3) is 5.91 Å². The van der Waals surface area contributed by atoms with Gasteiger partial charge >= 0.3 is 0 Å². The summed E-state index contributed by atoms with van der Waals surface area (Å²) in [5.41, 5.74) is 6.77. The van der Waals surface area contributed by atoms with Gasteiger partial charge in [0.15, 0.2) is 0 Å². The number of amides is 1. The van der Waals surface area contributed by atoms with Crippen molar-refractivity contribution in [3.05, 3.63) is 28.8 Å². The lowest BCUT2D eigenvalue weighted by Crippen LogP contribution is -2.39. The summed E-state index contributed by atoms with van der Waals surface area (Å²) in [6.45, 7) is 1.59. The highest BCUT2D eigenvalue weighted by Crippen LogP contribution is 2.30. The lowest BCUT2D eigenvalue weighted by Gasteiger charge is -2.26. The third-order valence-corrected chi connectivity index (χ3v) is 5.12. The second kappa shape index (κ2) is 5.26. The molecule has 2 atom stereocenters. The van der Waals surface area contributed by atoms with Gasteiger partial charge in [-0.1, -0.05) is 17.7 Å².